The number of rotatable bonds is 5. The highest BCUT2D eigenvalue weighted by atomic mass is 35.5. The molecule has 0 saturated carbocycles. The molecule has 1 fully saturated rings. The minimum absolute atomic E-state index is 0.0388. The number of piperidine rings is 1. The SMILES string of the molecule is Cc1sc(CNC(=O)C2CCCN(C(=O)Nc3ccccc3)C2)nc1-c1ccc(Cl)cc1. The molecule has 0 bridgehead atoms. The van der Waals surface area contributed by atoms with Crippen LogP contribution in [0.4, 0.5) is 10.5 Å². The zero-order valence-electron chi connectivity index (χ0n) is 17.8. The Morgan fingerprint density at radius 2 is 1.91 bits per heavy atom. The van der Waals surface area contributed by atoms with Crippen molar-refractivity contribution in [2.45, 2.75) is 26.3 Å². The van der Waals surface area contributed by atoms with Crippen LogP contribution < -0.4 is 10.6 Å². The van der Waals surface area contributed by atoms with Crippen LogP contribution in [-0.4, -0.2) is 34.9 Å². The van der Waals surface area contributed by atoms with Crippen molar-refractivity contribution >= 4 is 40.6 Å². The number of likely N-dealkylation sites (tertiary alicyclic amines) is 1. The molecular weight excluding hydrogens is 444 g/mol. The van der Waals surface area contributed by atoms with Crippen LogP contribution in [0, 0.1) is 12.8 Å². The number of para-hydroxylation sites is 1. The van der Waals surface area contributed by atoms with Gasteiger partial charge in [0, 0.05) is 34.2 Å². The fraction of sp³-hybridized carbons (Fsp3) is 0.292. The molecule has 0 spiro atoms. The number of aryl methyl sites for hydroxylation is 1. The van der Waals surface area contributed by atoms with Crippen molar-refractivity contribution in [3.63, 3.8) is 0 Å². The van der Waals surface area contributed by atoms with Crippen LogP contribution in [0.3, 0.4) is 0 Å². The monoisotopic (exact) mass is 468 g/mol. The first kappa shape index (κ1) is 22.3. The molecule has 1 saturated heterocycles. The third-order valence-electron chi connectivity index (χ3n) is 5.48. The van der Waals surface area contributed by atoms with E-state index in [1.54, 1.807) is 16.2 Å². The second kappa shape index (κ2) is 10.1. The second-order valence-electron chi connectivity index (χ2n) is 7.82. The number of carbonyl (C=O) groups is 2. The number of thiazole rings is 1. The summed E-state index contributed by atoms with van der Waals surface area (Å²) in [5.74, 6) is -0.259. The Bertz CT molecular complexity index is 1090. The topological polar surface area (TPSA) is 74.3 Å². The molecule has 32 heavy (non-hydrogen) atoms. The van der Waals surface area contributed by atoms with Gasteiger partial charge in [-0.15, -0.1) is 11.3 Å². The highest BCUT2D eigenvalue weighted by Gasteiger charge is 2.28. The fourth-order valence-corrected chi connectivity index (χ4v) is 4.83. The maximum Gasteiger partial charge on any atom is 0.321 e. The summed E-state index contributed by atoms with van der Waals surface area (Å²) in [4.78, 5) is 32.9. The number of aromatic nitrogens is 1. The van der Waals surface area contributed by atoms with Gasteiger partial charge in [-0.2, -0.15) is 0 Å². The molecule has 2 N–H and O–H groups in total. The molecule has 3 aromatic rings. The van der Waals surface area contributed by atoms with E-state index in [0.717, 1.165) is 39.7 Å². The van der Waals surface area contributed by atoms with Gasteiger partial charge in [-0.05, 0) is 44.0 Å². The molecule has 2 aromatic carbocycles. The van der Waals surface area contributed by atoms with Crippen molar-refractivity contribution in [3.8, 4) is 11.3 Å². The van der Waals surface area contributed by atoms with Gasteiger partial charge in [0.2, 0.25) is 5.91 Å². The molecule has 0 aliphatic carbocycles. The lowest BCUT2D eigenvalue weighted by atomic mass is 9.97. The Kier molecular flexibility index (Phi) is 7.07. The van der Waals surface area contributed by atoms with Crippen LogP contribution >= 0.6 is 22.9 Å². The first-order valence-electron chi connectivity index (χ1n) is 10.6. The summed E-state index contributed by atoms with van der Waals surface area (Å²) in [7, 11) is 0. The normalized spacial score (nSPS) is 15.9. The summed E-state index contributed by atoms with van der Waals surface area (Å²) in [5, 5.41) is 7.45. The zero-order chi connectivity index (χ0) is 22.5. The van der Waals surface area contributed by atoms with Crippen molar-refractivity contribution < 1.29 is 9.59 Å². The van der Waals surface area contributed by atoms with Crippen molar-refractivity contribution in [1.29, 1.82) is 0 Å². The predicted octanol–water partition coefficient (Wildman–Crippen LogP) is 5.33. The minimum Gasteiger partial charge on any atom is -0.349 e. The van der Waals surface area contributed by atoms with Crippen LogP contribution in [-0.2, 0) is 11.3 Å². The molecular formula is C24H25ClN4O2S. The van der Waals surface area contributed by atoms with Gasteiger partial charge >= 0.3 is 6.03 Å². The molecule has 4 rings (SSSR count). The Balaban J connectivity index is 1.32. The van der Waals surface area contributed by atoms with Crippen LogP contribution in [0.25, 0.3) is 11.3 Å². The van der Waals surface area contributed by atoms with E-state index in [2.05, 4.69) is 10.6 Å². The van der Waals surface area contributed by atoms with Crippen molar-refractivity contribution in [2.75, 3.05) is 18.4 Å². The third kappa shape index (κ3) is 5.47. The Morgan fingerprint density at radius 3 is 2.66 bits per heavy atom. The van der Waals surface area contributed by atoms with E-state index in [-0.39, 0.29) is 17.9 Å². The number of halogens is 1. The summed E-state index contributed by atoms with van der Waals surface area (Å²) >= 11 is 7.55. The fourth-order valence-electron chi connectivity index (χ4n) is 3.81. The Hall–Kier alpha value is -2.90. The number of hydrogen-bond donors (Lipinski definition) is 2. The summed E-state index contributed by atoms with van der Waals surface area (Å²) in [5.41, 5.74) is 2.67. The van der Waals surface area contributed by atoms with Gasteiger partial charge in [-0.1, -0.05) is 41.9 Å². The molecule has 0 radical (unpaired) electrons. The smallest absolute Gasteiger partial charge is 0.321 e. The van der Waals surface area contributed by atoms with Crippen LogP contribution in [0.2, 0.25) is 5.02 Å². The number of hydrogen-bond acceptors (Lipinski definition) is 4. The summed E-state index contributed by atoms with van der Waals surface area (Å²) < 4.78 is 0. The quantitative estimate of drug-likeness (QED) is 0.531. The van der Waals surface area contributed by atoms with E-state index in [0.29, 0.717) is 24.7 Å². The number of amides is 3. The molecule has 8 heteroatoms. The molecule has 1 aromatic heterocycles. The minimum atomic E-state index is -0.220. The molecule has 1 aliphatic rings. The number of urea groups is 1. The number of benzene rings is 2. The first-order chi connectivity index (χ1) is 15.5. The Labute approximate surface area is 196 Å². The van der Waals surface area contributed by atoms with Gasteiger partial charge < -0.3 is 15.5 Å². The molecule has 1 aliphatic heterocycles. The van der Waals surface area contributed by atoms with Crippen LogP contribution in [0.15, 0.2) is 54.6 Å². The molecule has 6 nitrogen and oxygen atoms in total. The van der Waals surface area contributed by atoms with Crippen molar-refractivity contribution in [1.82, 2.24) is 15.2 Å². The van der Waals surface area contributed by atoms with Gasteiger partial charge in [-0.3, -0.25) is 4.79 Å². The molecule has 1 atom stereocenters. The standard InChI is InChI=1S/C24H25ClN4O2S/c1-16-22(17-9-11-19(25)12-10-17)28-21(32-16)14-26-23(30)18-6-5-13-29(15-18)24(31)27-20-7-3-2-4-8-20/h2-4,7-12,18H,5-6,13-15H2,1H3,(H,26,30)(H,27,31). The lowest BCUT2D eigenvalue weighted by Gasteiger charge is -2.32. The maximum atomic E-state index is 12.8. The average molecular weight is 469 g/mol. The largest absolute Gasteiger partial charge is 0.349 e. The average Bonchev–Trinajstić information content (AvgIpc) is 3.19. The highest BCUT2D eigenvalue weighted by Crippen LogP contribution is 2.28. The van der Waals surface area contributed by atoms with E-state index in [4.69, 9.17) is 16.6 Å². The number of nitrogens with one attached hydrogen (secondary N) is 2. The van der Waals surface area contributed by atoms with Crippen LogP contribution in [0.5, 0.6) is 0 Å². The second-order valence-corrected chi connectivity index (χ2v) is 9.54. The van der Waals surface area contributed by atoms with Gasteiger partial charge in [0.15, 0.2) is 0 Å². The van der Waals surface area contributed by atoms with E-state index in [9.17, 15) is 9.59 Å². The van der Waals surface area contributed by atoms with E-state index < -0.39 is 0 Å². The number of anilines is 1. The zero-order valence-corrected chi connectivity index (χ0v) is 19.4. The van der Waals surface area contributed by atoms with E-state index in [1.807, 2.05) is 61.5 Å². The van der Waals surface area contributed by atoms with E-state index >= 15 is 0 Å². The lowest BCUT2D eigenvalue weighted by molar-refractivity contribution is -0.126. The number of carbonyl (C=O) groups excluding carboxylic acids is 2. The van der Waals surface area contributed by atoms with Crippen molar-refractivity contribution in [3.05, 3.63) is 69.5 Å². The molecule has 1 unspecified atom stereocenters. The third-order valence-corrected chi connectivity index (χ3v) is 6.70. The first-order valence-corrected chi connectivity index (χ1v) is 11.8. The maximum absolute atomic E-state index is 12.8. The van der Waals surface area contributed by atoms with Gasteiger partial charge in [-0.25, -0.2) is 9.78 Å². The van der Waals surface area contributed by atoms with Gasteiger partial charge in [0.1, 0.15) is 5.01 Å². The van der Waals surface area contributed by atoms with Crippen molar-refractivity contribution in [2.24, 2.45) is 5.92 Å². The molecule has 2 heterocycles. The molecule has 166 valence electrons. The van der Waals surface area contributed by atoms with E-state index in [1.165, 1.54) is 0 Å². The highest BCUT2D eigenvalue weighted by molar-refractivity contribution is 7.12. The predicted molar refractivity (Wildman–Crippen MR) is 129 cm³/mol. The molecule has 3 amide bonds. The lowest BCUT2D eigenvalue weighted by Crippen LogP contribution is -2.46. The van der Waals surface area contributed by atoms with Gasteiger partial charge in [0.25, 0.3) is 0 Å². The summed E-state index contributed by atoms with van der Waals surface area (Å²) in [6.45, 7) is 3.47. The summed E-state index contributed by atoms with van der Waals surface area (Å²) in [6, 6.07) is 16.8. The van der Waals surface area contributed by atoms with Crippen LogP contribution in [0.1, 0.15) is 22.7 Å². The Morgan fingerprint density at radius 1 is 1.16 bits per heavy atom. The number of nitrogens with zero attached hydrogens (tertiary/aromatic N) is 2. The summed E-state index contributed by atoms with van der Waals surface area (Å²) in [6.07, 6.45) is 1.57. The van der Waals surface area contributed by atoms with Gasteiger partial charge in [0.05, 0.1) is 18.2 Å².